The van der Waals surface area contributed by atoms with E-state index >= 15 is 0 Å². The number of benzene rings is 2. The monoisotopic (exact) mass is 425 g/mol. The maximum Gasteiger partial charge on any atom is 0.434 e. The van der Waals surface area contributed by atoms with E-state index in [1.54, 1.807) is 19.1 Å². The number of hydrogen-bond donors (Lipinski definition) is 1. The zero-order valence-corrected chi connectivity index (χ0v) is 15.9. The molecular formula is C20H16ClF4N3O. The first-order valence-corrected chi connectivity index (χ1v) is 9.00. The summed E-state index contributed by atoms with van der Waals surface area (Å²) in [6.45, 7) is 1.58. The smallest absolute Gasteiger partial charge is 0.349 e. The van der Waals surface area contributed by atoms with E-state index in [9.17, 15) is 22.4 Å². The van der Waals surface area contributed by atoms with Crippen LogP contribution in [0.3, 0.4) is 0 Å². The van der Waals surface area contributed by atoms with E-state index in [1.165, 1.54) is 36.4 Å². The first-order chi connectivity index (χ1) is 13.7. The largest absolute Gasteiger partial charge is 0.434 e. The van der Waals surface area contributed by atoms with E-state index < -0.39 is 35.2 Å². The second-order valence-corrected chi connectivity index (χ2v) is 6.90. The predicted octanol–water partition coefficient (Wildman–Crippen LogP) is 5.04. The number of alkyl halides is 3. The third kappa shape index (κ3) is 4.76. The molecule has 1 atom stereocenters. The van der Waals surface area contributed by atoms with Gasteiger partial charge in [0.1, 0.15) is 5.82 Å². The molecule has 1 N–H and O–H groups in total. The third-order valence-electron chi connectivity index (χ3n) is 4.20. The highest BCUT2D eigenvalue weighted by Crippen LogP contribution is 2.34. The molecule has 1 amide bonds. The molecular weight excluding hydrogens is 410 g/mol. The maximum absolute atomic E-state index is 13.8. The van der Waals surface area contributed by atoms with Crippen molar-refractivity contribution < 1.29 is 22.4 Å². The summed E-state index contributed by atoms with van der Waals surface area (Å²) < 4.78 is 55.5. The fraction of sp³-hybridized carbons (Fsp3) is 0.200. The third-order valence-corrected chi connectivity index (χ3v) is 4.43. The van der Waals surface area contributed by atoms with Gasteiger partial charge in [0, 0.05) is 11.1 Å². The Morgan fingerprint density at radius 1 is 1.21 bits per heavy atom. The van der Waals surface area contributed by atoms with Crippen LogP contribution in [0.25, 0.3) is 5.69 Å². The number of rotatable bonds is 5. The van der Waals surface area contributed by atoms with Crippen molar-refractivity contribution in [2.24, 2.45) is 0 Å². The summed E-state index contributed by atoms with van der Waals surface area (Å²) in [5, 5.41) is 6.45. The summed E-state index contributed by atoms with van der Waals surface area (Å²) in [4.78, 5) is 12.5. The van der Waals surface area contributed by atoms with Crippen LogP contribution < -0.4 is 5.32 Å². The molecule has 0 aliphatic carbocycles. The lowest BCUT2D eigenvalue weighted by molar-refractivity contribution is -0.143. The van der Waals surface area contributed by atoms with Gasteiger partial charge in [0.15, 0.2) is 5.69 Å². The first kappa shape index (κ1) is 20.9. The Morgan fingerprint density at radius 3 is 2.59 bits per heavy atom. The minimum absolute atomic E-state index is 0.0725. The Labute approximate surface area is 169 Å². The minimum Gasteiger partial charge on any atom is -0.349 e. The molecule has 3 aromatic rings. The first-order valence-electron chi connectivity index (χ1n) is 8.62. The molecule has 1 aromatic heterocycles. The van der Waals surface area contributed by atoms with Gasteiger partial charge in [-0.25, -0.2) is 9.07 Å². The topological polar surface area (TPSA) is 46.9 Å². The molecule has 0 spiro atoms. The van der Waals surface area contributed by atoms with Crippen molar-refractivity contribution in [2.75, 3.05) is 0 Å². The maximum atomic E-state index is 13.8. The van der Waals surface area contributed by atoms with Crippen LogP contribution in [-0.4, -0.2) is 21.7 Å². The average Bonchev–Trinajstić information content (AvgIpc) is 3.09. The van der Waals surface area contributed by atoms with Gasteiger partial charge in [-0.1, -0.05) is 35.9 Å². The van der Waals surface area contributed by atoms with Crippen molar-refractivity contribution in [1.29, 1.82) is 0 Å². The van der Waals surface area contributed by atoms with Crippen LogP contribution in [-0.2, 0) is 12.6 Å². The molecule has 1 unspecified atom stereocenters. The van der Waals surface area contributed by atoms with E-state index in [0.29, 0.717) is 10.2 Å². The number of hydrogen-bond acceptors (Lipinski definition) is 2. The number of nitrogens with one attached hydrogen (secondary N) is 1. The van der Waals surface area contributed by atoms with Gasteiger partial charge >= 0.3 is 6.18 Å². The van der Waals surface area contributed by atoms with Crippen molar-refractivity contribution >= 4 is 17.5 Å². The summed E-state index contributed by atoms with van der Waals surface area (Å²) in [6.07, 6.45) is -3.85. The van der Waals surface area contributed by atoms with Crippen molar-refractivity contribution in [3.05, 3.63) is 82.4 Å². The molecule has 0 aliphatic rings. The van der Waals surface area contributed by atoms with Crippen LogP contribution >= 0.6 is 11.6 Å². The van der Waals surface area contributed by atoms with E-state index in [2.05, 4.69) is 10.4 Å². The van der Waals surface area contributed by atoms with E-state index in [4.69, 9.17) is 11.6 Å². The number of carbonyl (C=O) groups excluding carboxylic acids is 1. The highest BCUT2D eigenvalue weighted by Gasteiger charge is 2.40. The fourth-order valence-corrected chi connectivity index (χ4v) is 3.12. The molecule has 9 heteroatoms. The molecule has 2 aromatic carbocycles. The van der Waals surface area contributed by atoms with Gasteiger partial charge in [0.2, 0.25) is 0 Å². The van der Waals surface area contributed by atoms with Gasteiger partial charge < -0.3 is 5.32 Å². The number of nitrogens with zero attached hydrogens (tertiary/aromatic N) is 2. The zero-order valence-electron chi connectivity index (χ0n) is 15.2. The van der Waals surface area contributed by atoms with E-state index in [-0.39, 0.29) is 17.1 Å². The van der Waals surface area contributed by atoms with Gasteiger partial charge in [-0.2, -0.15) is 18.3 Å². The molecule has 29 heavy (non-hydrogen) atoms. The van der Waals surface area contributed by atoms with Crippen LogP contribution in [0, 0.1) is 5.82 Å². The predicted molar refractivity (Wildman–Crippen MR) is 101 cm³/mol. The summed E-state index contributed by atoms with van der Waals surface area (Å²) >= 11 is 5.86. The van der Waals surface area contributed by atoms with Crippen molar-refractivity contribution in [2.45, 2.75) is 25.6 Å². The molecule has 0 saturated carbocycles. The minimum atomic E-state index is -4.83. The molecule has 0 bridgehead atoms. The highest BCUT2D eigenvalue weighted by molar-refractivity contribution is 6.30. The summed E-state index contributed by atoms with van der Waals surface area (Å²) in [6, 6.07) is 11.1. The average molecular weight is 426 g/mol. The van der Waals surface area contributed by atoms with Gasteiger partial charge in [-0.3, -0.25) is 4.79 Å². The fourth-order valence-electron chi connectivity index (χ4n) is 2.94. The Balaban J connectivity index is 1.88. The van der Waals surface area contributed by atoms with Crippen molar-refractivity contribution in [3.63, 3.8) is 0 Å². The van der Waals surface area contributed by atoms with Crippen LogP contribution in [0.15, 0.2) is 54.7 Å². The molecule has 1 heterocycles. The molecule has 0 fully saturated rings. The molecule has 0 radical (unpaired) electrons. The Morgan fingerprint density at radius 2 is 1.93 bits per heavy atom. The molecule has 152 valence electrons. The number of halogens is 5. The summed E-state index contributed by atoms with van der Waals surface area (Å²) in [5.74, 6) is -1.40. The highest BCUT2D eigenvalue weighted by atomic mass is 35.5. The van der Waals surface area contributed by atoms with Crippen LogP contribution in [0.5, 0.6) is 0 Å². The Hall–Kier alpha value is -2.87. The van der Waals surface area contributed by atoms with E-state index in [0.717, 1.165) is 6.20 Å². The van der Waals surface area contributed by atoms with Gasteiger partial charge in [-0.05, 0) is 43.2 Å². The SMILES string of the molecule is CC(Cc1ccccc1F)NC(=O)c1cnn(-c2cccc(Cl)c2)c1C(F)(F)F. The second kappa shape index (κ2) is 8.24. The summed E-state index contributed by atoms with van der Waals surface area (Å²) in [7, 11) is 0. The quantitative estimate of drug-likeness (QED) is 0.582. The molecule has 0 saturated heterocycles. The Bertz CT molecular complexity index is 1030. The molecule has 3 rings (SSSR count). The van der Waals surface area contributed by atoms with Crippen molar-refractivity contribution in [3.8, 4) is 5.69 Å². The van der Waals surface area contributed by atoms with Crippen molar-refractivity contribution in [1.82, 2.24) is 15.1 Å². The number of carbonyl (C=O) groups is 1. The van der Waals surface area contributed by atoms with Crippen LogP contribution in [0.2, 0.25) is 5.02 Å². The lowest BCUT2D eigenvalue weighted by Gasteiger charge is -2.16. The van der Waals surface area contributed by atoms with Gasteiger partial charge in [0.25, 0.3) is 5.91 Å². The normalized spacial score (nSPS) is 12.6. The molecule has 4 nitrogen and oxygen atoms in total. The zero-order chi connectivity index (χ0) is 21.2. The van der Waals surface area contributed by atoms with Crippen LogP contribution in [0.4, 0.5) is 17.6 Å². The number of aromatic nitrogens is 2. The second-order valence-electron chi connectivity index (χ2n) is 6.47. The lowest BCUT2D eigenvalue weighted by atomic mass is 10.1. The van der Waals surface area contributed by atoms with Gasteiger partial charge in [0.05, 0.1) is 17.4 Å². The number of amides is 1. The molecule has 0 aliphatic heterocycles. The lowest BCUT2D eigenvalue weighted by Crippen LogP contribution is -2.35. The van der Waals surface area contributed by atoms with Crippen LogP contribution in [0.1, 0.15) is 28.5 Å². The standard InChI is InChI=1S/C20H16ClF4N3O/c1-12(9-13-5-2-3-8-17(13)22)27-19(29)16-11-26-28(18(16)20(23,24)25)15-7-4-6-14(21)10-15/h2-8,10-12H,9H2,1H3,(H,27,29). The van der Waals surface area contributed by atoms with Gasteiger partial charge in [-0.15, -0.1) is 0 Å². The van der Waals surface area contributed by atoms with E-state index in [1.807, 2.05) is 0 Å². The summed E-state index contributed by atoms with van der Waals surface area (Å²) in [5.41, 5.74) is -1.41. The Kier molecular flexibility index (Phi) is 5.93.